The Hall–Kier alpha value is -5.67. The monoisotopic (exact) mass is 624 g/mol. The number of nitrogens with zero attached hydrogens (tertiary/aromatic N) is 3. The van der Waals surface area contributed by atoms with Gasteiger partial charge < -0.3 is 30.4 Å². The maximum Gasteiger partial charge on any atom is 0.254 e. The molecule has 0 unspecified atom stereocenters. The van der Waals surface area contributed by atoms with Gasteiger partial charge in [0.05, 0.1) is 11.0 Å². The first-order chi connectivity index (χ1) is 22.9. The quantitative estimate of drug-likeness (QED) is 0.126. The number of carbonyl (C=O) groups is 1. The van der Waals surface area contributed by atoms with Gasteiger partial charge in [0.25, 0.3) is 5.91 Å². The number of amides is 1. The van der Waals surface area contributed by atoms with Gasteiger partial charge in [0.15, 0.2) is 11.5 Å². The number of benzene rings is 5. The molecule has 7 rings (SSSR count). The van der Waals surface area contributed by atoms with E-state index in [4.69, 9.17) is 31.3 Å². The third kappa shape index (κ3) is 6.39. The van der Waals surface area contributed by atoms with Gasteiger partial charge in [0, 0.05) is 43.7 Å². The second-order valence-electron chi connectivity index (χ2n) is 11.8. The lowest BCUT2D eigenvalue weighted by Crippen LogP contribution is -2.34. The van der Waals surface area contributed by atoms with E-state index in [-0.39, 0.29) is 18.5 Å². The SMILES string of the molecule is N=C(N)c1ccc(CCc2nc3cc(C(=O)N(CCN)Cc4ccc5ccccc5c4)ccc3n2Cc2ccc3c(c2)OCO3)cc1. The molecule has 1 aliphatic rings. The van der Waals surface area contributed by atoms with Crippen molar-refractivity contribution in [2.45, 2.75) is 25.9 Å². The zero-order chi connectivity index (χ0) is 32.3. The van der Waals surface area contributed by atoms with Crippen molar-refractivity contribution in [2.24, 2.45) is 11.5 Å². The normalized spacial score (nSPS) is 12.1. The fourth-order valence-corrected chi connectivity index (χ4v) is 6.16. The summed E-state index contributed by atoms with van der Waals surface area (Å²) in [6.07, 6.45) is 1.44. The number of rotatable bonds is 11. The average molecular weight is 625 g/mol. The first kappa shape index (κ1) is 30.0. The van der Waals surface area contributed by atoms with Crippen LogP contribution in [0, 0.1) is 5.41 Å². The summed E-state index contributed by atoms with van der Waals surface area (Å²) in [7, 11) is 0. The molecular formula is C38H36N6O3. The molecule has 0 bridgehead atoms. The van der Waals surface area contributed by atoms with E-state index < -0.39 is 0 Å². The number of imidazole rings is 1. The zero-order valence-corrected chi connectivity index (χ0v) is 26.0. The van der Waals surface area contributed by atoms with Gasteiger partial charge in [0.2, 0.25) is 6.79 Å². The van der Waals surface area contributed by atoms with Crippen LogP contribution < -0.4 is 20.9 Å². The van der Waals surface area contributed by atoms with Crippen LogP contribution in [-0.4, -0.2) is 46.1 Å². The number of fused-ring (bicyclic) bond motifs is 3. The van der Waals surface area contributed by atoms with Crippen LogP contribution in [0.25, 0.3) is 21.8 Å². The van der Waals surface area contributed by atoms with Crippen LogP contribution in [0.1, 0.15) is 38.4 Å². The van der Waals surface area contributed by atoms with Crippen LogP contribution in [0.5, 0.6) is 11.5 Å². The minimum absolute atomic E-state index is 0.0507. The molecule has 0 fully saturated rings. The van der Waals surface area contributed by atoms with Crippen LogP contribution in [-0.2, 0) is 25.9 Å². The minimum Gasteiger partial charge on any atom is -0.454 e. The molecular weight excluding hydrogens is 588 g/mol. The molecule has 0 radical (unpaired) electrons. The number of aryl methyl sites for hydroxylation is 2. The van der Waals surface area contributed by atoms with Crippen molar-refractivity contribution < 1.29 is 14.3 Å². The third-order valence-electron chi connectivity index (χ3n) is 8.63. The second kappa shape index (κ2) is 13.0. The smallest absolute Gasteiger partial charge is 0.254 e. The Morgan fingerprint density at radius 3 is 2.36 bits per heavy atom. The molecule has 0 aliphatic carbocycles. The van der Waals surface area contributed by atoms with Crippen molar-refractivity contribution in [2.75, 3.05) is 19.9 Å². The van der Waals surface area contributed by atoms with Gasteiger partial charge in [-0.15, -0.1) is 0 Å². The Bertz CT molecular complexity index is 2100. The molecule has 236 valence electrons. The molecule has 9 heteroatoms. The van der Waals surface area contributed by atoms with Gasteiger partial charge in [0.1, 0.15) is 11.7 Å². The largest absolute Gasteiger partial charge is 0.454 e. The number of ether oxygens (including phenoxy) is 2. The fourth-order valence-electron chi connectivity index (χ4n) is 6.16. The molecule has 0 saturated heterocycles. The summed E-state index contributed by atoms with van der Waals surface area (Å²) in [5.41, 5.74) is 17.8. The van der Waals surface area contributed by atoms with Crippen molar-refractivity contribution in [1.29, 1.82) is 5.41 Å². The fraction of sp³-hybridized carbons (Fsp3) is 0.184. The number of hydrogen-bond acceptors (Lipinski definition) is 6. The highest BCUT2D eigenvalue weighted by Crippen LogP contribution is 2.33. The highest BCUT2D eigenvalue weighted by atomic mass is 16.7. The molecule has 9 nitrogen and oxygen atoms in total. The zero-order valence-electron chi connectivity index (χ0n) is 26.0. The molecule has 0 atom stereocenters. The molecule has 0 saturated carbocycles. The van der Waals surface area contributed by atoms with Crippen LogP contribution in [0.4, 0.5) is 0 Å². The summed E-state index contributed by atoms with van der Waals surface area (Å²) in [4.78, 5) is 20.8. The van der Waals surface area contributed by atoms with Crippen LogP contribution in [0.15, 0.2) is 103 Å². The van der Waals surface area contributed by atoms with Gasteiger partial charge in [-0.3, -0.25) is 10.2 Å². The number of nitrogens with one attached hydrogen (secondary N) is 1. The maximum atomic E-state index is 13.9. The van der Waals surface area contributed by atoms with Crippen molar-refractivity contribution >= 4 is 33.5 Å². The predicted molar refractivity (Wildman–Crippen MR) is 184 cm³/mol. The molecule has 5 aromatic carbocycles. The Morgan fingerprint density at radius 1 is 0.809 bits per heavy atom. The number of aromatic nitrogens is 2. The van der Waals surface area contributed by atoms with Gasteiger partial charge in [-0.25, -0.2) is 4.98 Å². The lowest BCUT2D eigenvalue weighted by molar-refractivity contribution is 0.0748. The van der Waals surface area contributed by atoms with Gasteiger partial charge >= 0.3 is 0 Å². The molecule has 5 N–H and O–H groups in total. The average Bonchev–Trinajstić information content (AvgIpc) is 3.70. The van der Waals surface area contributed by atoms with Crippen LogP contribution in [0.2, 0.25) is 0 Å². The summed E-state index contributed by atoms with van der Waals surface area (Å²) in [6, 6.07) is 34.0. The van der Waals surface area contributed by atoms with E-state index in [0.717, 1.165) is 56.9 Å². The first-order valence-electron chi connectivity index (χ1n) is 15.7. The van der Waals surface area contributed by atoms with Crippen LogP contribution in [0.3, 0.4) is 0 Å². The van der Waals surface area contributed by atoms with Gasteiger partial charge in [-0.1, -0.05) is 66.7 Å². The molecule has 47 heavy (non-hydrogen) atoms. The Morgan fingerprint density at radius 2 is 1.55 bits per heavy atom. The lowest BCUT2D eigenvalue weighted by Gasteiger charge is -2.22. The lowest BCUT2D eigenvalue weighted by atomic mass is 10.1. The Balaban J connectivity index is 1.19. The Kier molecular flexibility index (Phi) is 8.29. The van der Waals surface area contributed by atoms with E-state index in [1.165, 1.54) is 5.39 Å². The van der Waals surface area contributed by atoms with Crippen molar-refractivity contribution in [3.63, 3.8) is 0 Å². The summed E-state index contributed by atoms with van der Waals surface area (Å²) in [5, 5.41) is 9.99. The highest BCUT2D eigenvalue weighted by molar-refractivity contribution is 5.97. The van der Waals surface area contributed by atoms with E-state index in [2.05, 4.69) is 34.9 Å². The van der Waals surface area contributed by atoms with E-state index in [9.17, 15) is 4.79 Å². The molecule has 2 heterocycles. The number of nitrogens with two attached hydrogens (primary N) is 2. The summed E-state index contributed by atoms with van der Waals surface area (Å²) >= 11 is 0. The van der Waals surface area contributed by atoms with E-state index in [1.807, 2.05) is 72.8 Å². The van der Waals surface area contributed by atoms with E-state index in [0.29, 0.717) is 43.7 Å². The highest BCUT2D eigenvalue weighted by Gasteiger charge is 2.20. The number of hydrogen-bond donors (Lipinski definition) is 3. The number of amidine groups is 1. The van der Waals surface area contributed by atoms with E-state index in [1.54, 1.807) is 4.90 Å². The first-order valence-corrected chi connectivity index (χ1v) is 15.7. The minimum atomic E-state index is -0.0806. The van der Waals surface area contributed by atoms with Gasteiger partial charge in [-0.2, -0.15) is 0 Å². The van der Waals surface area contributed by atoms with Crippen molar-refractivity contribution in [3.05, 3.63) is 137 Å². The molecule has 0 spiro atoms. The molecule has 1 amide bonds. The Labute approximate surface area is 272 Å². The van der Waals surface area contributed by atoms with E-state index >= 15 is 0 Å². The summed E-state index contributed by atoms with van der Waals surface area (Å²) < 4.78 is 13.4. The van der Waals surface area contributed by atoms with Crippen molar-refractivity contribution in [3.8, 4) is 11.5 Å². The maximum absolute atomic E-state index is 13.9. The van der Waals surface area contributed by atoms with Gasteiger partial charge in [-0.05, 0) is 70.3 Å². The summed E-state index contributed by atoms with van der Waals surface area (Å²) in [5.74, 6) is 2.36. The summed E-state index contributed by atoms with van der Waals surface area (Å²) in [6.45, 7) is 2.07. The standard InChI is InChI=1S/C38H36N6O3/c39-17-18-43(22-26-7-10-28-3-1-2-4-30(28)19-26)38(45)31-13-14-33-32(21-31)42-36(16-9-25-5-11-29(12-6-25)37(40)41)44(33)23-27-8-15-34-35(20-27)47-24-46-34/h1-8,10-15,19-21H,9,16-18,22-24,39H2,(H3,40,41). The topological polar surface area (TPSA) is 132 Å². The third-order valence-corrected chi connectivity index (χ3v) is 8.63. The molecule has 1 aromatic heterocycles. The second-order valence-corrected chi connectivity index (χ2v) is 11.8. The predicted octanol–water partition coefficient (Wildman–Crippen LogP) is 5.64. The molecule has 6 aromatic rings. The van der Waals surface area contributed by atoms with Crippen LogP contribution >= 0.6 is 0 Å². The van der Waals surface area contributed by atoms with Crippen molar-refractivity contribution in [1.82, 2.24) is 14.5 Å². The number of nitrogen functional groups attached to an aromatic ring is 1. The molecule has 1 aliphatic heterocycles. The number of carbonyl (C=O) groups excluding carboxylic acids is 1.